The van der Waals surface area contributed by atoms with Gasteiger partial charge in [-0.3, -0.25) is 4.79 Å². The Labute approximate surface area is 154 Å². The molecule has 2 heterocycles. The molecule has 0 aliphatic carbocycles. The summed E-state index contributed by atoms with van der Waals surface area (Å²) in [5, 5.41) is 4.58. The van der Waals surface area contributed by atoms with Gasteiger partial charge in [0.2, 0.25) is 0 Å². The summed E-state index contributed by atoms with van der Waals surface area (Å²) >= 11 is 2.87. The second-order valence-corrected chi connectivity index (χ2v) is 8.01. The number of thiophene rings is 2. The number of methoxy groups -OCH3 is 1. The Bertz CT molecular complexity index is 939. The summed E-state index contributed by atoms with van der Waals surface area (Å²) in [6.07, 6.45) is 1.81. The Kier molecular flexibility index (Phi) is 5.20. The van der Waals surface area contributed by atoms with Crippen LogP contribution in [0.5, 0.6) is 0 Å². The van der Waals surface area contributed by atoms with Crippen molar-refractivity contribution in [2.75, 3.05) is 12.4 Å². The number of esters is 1. The number of carbonyl (C=O) groups excluding carboxylic acids is 2. The molecule has 0 bridgehead atoms. The number of aryl methyl sites for hydroxylation is 2. The number of hydrogen-bond donors (Lipinski definition) is 1. The Morgan fingerprint density at radius 3 is 2.68 bits per heavy atom. The van der Waals surface area contributed by atoms with Crippen LogP contribution in [0, 0.1) is 6.92 Å². The fraction of sp³-hybridized carbons (Fsp3) is 0.263. The maximum absolute atomic E-state index is 12.9. The molecule has 130 valence electrons. The largest absolute Gasteiger partial charge is 0.465 e. The van der Waals surface area contributed by atoms with Crippen LogP contribution in [0.2, 0.25) is 0 Å². The van der Waals surface area contributed by atoms with Crippen molar-refractivity contribution < 1.29 is 14.3 Å². The predicted octanol–water partition coefficient (Wildman–Crippen LogP) is 5.26. The molecule has 0 fully saturated rings. The van der Waals surface area contributed by atoms with E-state index in [9.17, 15) is 9.59 Å². The second kappa shape index (κ2) is 7.37. The van der Waals surface area contributed by atoms with Crippen LogP contribution in [0.3, 0.4) is 0 Å². The minimum Gasteiger partial charge on any atom is -0.465 e. The van der Waals surface area contributed by atoms with Crippen molar-refractivity contribution in [2.45, 2.75) is 26.7 Å². The van der Waals surface area contributed by atoms with E-state index in [-0.39, 0.29) is 5.91 Å². The highest BCUT2D eigenvalue weighted by atomic mass is 32.1. The van der Waals surface area contributed by atoms with Crippen molar-refractivity contribution in [3.63, 3.8) is 0 Å². The smallest absolute Gasteiger partial charge is 0.340 e. The summed E-state index contributed by atoms with van der Waals surface area (Å²) in [4.78, 5) is 26.5. The monoisotopic (exact) mass is 373 g/mol. The van der Waals surface area contributed by atoms with Gasteiger partial charge in [0.05, 0.1) is 17.6 Å². The zero-order valence-electron chi connectivity index (χ0n) is 14.3. The number of anilines is 1. The van der Waals surface area contributed by atoms with Gasteiger partial charge in [-0.2, -0.15) is 0 Å². The van der Waals surface area contributed by atoms with Crippen LogP contribution in [-0.4, -0.2) is 19.0 Å². The molecule has 1 amide bonds. The van der Waals surface area contributed by atoms with Crippen LogP contribution in [0.15, 0.2) is 30.3 Å². The third kappa shape index (κ3) is 3.45. The van der Waals surface area contributed by atoms with Gasteiger partial charge in [0, 0.05) is 9.58 Å². The maximum atomic E-state index is 12.9. The Morgan fingerprint density at radius 1 is 1.20 bits per heavy atom. The first-order valence-corrected chi connectivity index (χ1v) is 9.69. The first kappa shape index (κ1) is 17.6. The first-order valence-electron chi connectivity index (χ1n) is 8.05. The highest BCUT2D eigenvalue weighted by molar-refractivity contribution is 7.21. The topological polar surface area (TPSA) is 55.4 Å². The van der Waals surface area contributed by atoms with Crippen LogP contribution < -0.4 is 5.32 Å². The number of hydrogen-bond acceptors (Lipinski definition) is 5. The van der Waals surface area contributed by atoms with Crippen molar-refractivity contribution in [2.24, 2.45) is 0 Å². The van der Waals surface area contributed by atoms with E-state index in [1.54, 1.807) is 6.07 Å². The van der Waals surface area contributed by atoms with Crippen molar-refractivity contribution in [1.82, 2.24) is 0 Å². The SMILES string of the molecule is CCCc1c(C(=O)Nc2sc(C)cc2C(=O)OC)sc2ccccc12. The van der Waals surface area contributed by atoms with Gasteiger partial charge in [0.15, 0.2) is 0 Å². The number of nitrogens with one attached hydrogen (secondary N) is 1. The molecular formula is C19H19NO3S2. The Hall–Kier alpha value is -2.18. The lowest BCUT2D eigenvalue weighted by Gasteiger charge is -2.06. The van der Waals surface area contributed by atoms with E-state index in [0.29, 0.717) is 15.4 Å². The van der Waals surface area contributed by atoms with Crippen molar-refractivity contribution in [1.29, 1.82) is 0 Å². The number of amides is 1. The van der Waals surface area contributed by atoms with Gasteiger partial charge in [-0.1, -0.05) is 31.5 Å². The van der Waals surface area contributed by atoms with E-state index < -0.39 is 5.97 Å². The van der Waals surface area contributed by atoms with Gasteiger partial charge < -0.3 is 10.1 Å². The summed E-state index contributed by atoms with van der Waals surface area (Å²) in [6, 6.07) is 9.81. The fourth-order valence-electron chi connectivity index (χ4n) is 2.81. The standard InChI is InChI=1S/C19H19NO3S2/c1-4-7-13-12-8-5-6-9-15(12)25-16(13)17(21)20-18-14(19(22)23-3)10-11(2)24-18/h5-6,8-10H,4,7H2,1-3H3,(H,20,21). The van der Waals surface area contributed by atoms with Crippen molar-refractivity contribution in [3.8, 4) is 0 Å². The molecule has 3 rings (SSSR count). The normalized spacial score (nSPS) is 10.8. The molecule has 1 aromatic carbocycles. The van der Waals surface area contributed by atoms with Crippen LogP contribution in [0.1, 0.15) is 43.8 Å². The van der Waals surface area contributed by atoms with Gasteiger partial charge >= 0.3 is 5.97 Å². The minimum atomic E-state index is -0.440. The molecule has 0 aliphatic rings. The summed E-state index contributed by atoms with van der Waals surface area (Å²) in [5.74, 6) is -0.610. The minimum absolute atomic E-state index is 0.170. The third-order valence-electron chi connectivity index (χ3n) is 3.89. The van der Waals surface area contributed by atoms with Crippen LogP contribution in [-0.2, 0) is 11.2 Å². The number of ether oxygens (including phenoxy) is 1. The average Bonchev–Trinajstić information content (AvgIpc) is 3.15. The zero-order chi connectivity index (χ0) is 18.0. The Morgan fingerprint density at radius 2 is 1.96 bits per heavy atom. The van der Waals surface area contributed by atoms with Gasteiger partial charge in [-0.25, -0.2) is 4.79 Å². The highest BCUT2D eigenvalue weighted by Crippen LogP contribution is 2.34. The molecule has 6 heteroatoms. The molecular weight excluding hydrogens is 354 g/mol. The summed E-state index contributed by atoms with van der Waals surface area (Å²) in [6.45, 7) is 4.00. The molecule has 3 aromatic rings. The molecule has 0 unspecified atom stereocenters. The summed E-state index contributed by atoms with van der Waals surface area (Å²) in [5.41, 5.74) is 1.48. The lowest BCUT2D eigenvalue weighted by molar-refractivity contribution is 0.0602. The second-order valence-electron chi connectivity index (χ2n) is 5.70. The molecule has 0 aliphatic heterocycles. The highest BCUT2D eigenvalue weighted by Gasteiger charge is 2.22. The average molecular weight is 373 g/mol. The molecule has 0 saturated heterocycles. The lowest BCUT2D eigenvalue weighted by Crippen LogP contribution is -2.14. The predicted molar refractivity (Wildman–Crippen MR) is 104 cm³/mol. The maximum Gasteiger partial charge on any atom is 0.340 e. The van der Waals surface area contributed by atoms with Gasteiger partial charge in [-0.05, 0) is 36.4 Å². The lowest BCUT2D eigenvalue weighted by atomic mass is 10.1. The van der Waals surface area contributed by atoms with E-state index in [2.05, 4.69) is 18.3 Å². The zero-order valence-corrected chi connectivity index (χ0v) is 16.0. The molecule has 0 atom stereocenters. The molecule has 1 N–H and O–H groups in total. The molecule has 0 radical (unpaired) electrons. The van der Waals surface area contributed by atoms with E-state index in [0.717, 1.165) is 33.4 Å². The van der Waals surface area contributed by atoms with Gasteiger partial charge in [0.1, 0.15) is 5.00 Å². The molecule has 25 heavy (non-hydrogen) atoms. The number of rotatable bonds is 5. The van der Waals surface area contributed by atoms with Crippen LogP contribution >= 0.6 is 22.7 Å². The van der Waals surface area contributed by atoms with Gasteiger partial charge in [-0.15, -0.1) is 22.7 Å². The van der Waals surface area contributed by atoms with Crippen LogP contribution in [0.25, 0.3) is 10.1 Å². The molecule has 0 saturated carbocycles. The fourth-order valence-corrected chi connectivity index (χ4v) is 4.85. The first-order chi connectivity index (χ1) is 12.0. The molecule has 4 nitrogen and oxygen atoms in total. The molecule has 0 spiro atoms. The number of carbonyl (C=O) groups is 2. The van der Waals surface area contributed by atoms with E-state index in [1.165, 1.54) is 29.8 Å². The van der Waals surface area contributed by atoms with Crippen LogP contribution in [0.4, 0.5) is 5.00 Å². The van der Waals surface area contributed by atoms with E-state index >= 15 is 0 Å². The molecule has 2 aromatic heterocycles. The van der Waals surface area contributed by atoms with Crippen molar-refractivity contribution in [3.05, 3.63) is 51.2 Å². The third-order valence-corrected chi connectivity index (χ3v) is 6.07. The number of benzene rings is 1. The van der Waals surface area contributed by atoms with E-state index in [1.807, 2.05) is 25.1 Å². The quantitative estimate of drug-likeness (QED) is 0.621. The number of fused-ring (bicyclic) bond motifs is 1. The summed E-state index contributed by atoms with van der Waals surface area (Å²) < 4.78 is 5.91. The van der Waals surface area contributed by atoms with E-state index in [4.69, 9.17) is 4.74 Å². The summed E-state index contributed by atoms with van der Waals surface area (Å²) in [7, 11) is 1.34. The van der Waals surface area contributed by atoms with Gasteiger partial charge in [0.25, 0.3) is 5.91 Å². The Balaban J connectivity index is 1.98. The van der Waals surface area contributed by atoms with Crippen molar-refractivity contribution >= 4 is 49.6 Å².